The first-order valence-electron chi connectivity index (χ1n) is 4.84. The summed E-state index contributed by atoms with van der Waals surface area (Å²) in [5, 5.41) is 0. The summed E-state index contributed by atoms with van der Waals surface area (Å²) < 4.78 is 64.1. The first-order valence-corrected chi connectivity index (χ1v) is 6.42. The van der Waals surface area contributed by atoms with E-state index in [0.29, 0.717) is 12.5 Å². The molecule has 0 aliphatic carbocycles. The Kier molecular flexibility index (Phi) is 4.03. The summed E-state index contributed by atoms with van der Waals surface area (Å²) in [6.45, 7) is 1.63. The molecule has 0 atom stereocenters. The van der Waals surface area contributed by atoms with Crippen molar-refractivity contribution in [3.8, 4) is 5.75 Å². The van der Waals surface area contributed by atoms with Gasteiger partial charge in [-0.05, 0) is 24.6 Å². The molecular formula is C10H11F3O3S. The van der Waals surface area contributed by atoms with Gasteiger partial charge in [0.1, 0.15) is 5.75 Å². The predicted molar refractivity (Wildman–Crippen MR) is 56.1 cm³/mol. The van der Waals surface area contributed by atoms with Gasteiger partial charge in [0.2, 0.25) is 0 Å². The Labute approximate surface area is 97.3 Å². The van der Waals surface area contributed by atoms with Gasteiger partial charge in [0.15, 0.2) is 0 Å². The van der Waals surface area contributed by atoms with Crippen molar-refractivity contribution in [2.75, 3.05) is 5.75 Å². The van der Waals surface area contributed by atoms with Crippen LogP contribution in [0.2, 0.25) is 0 Å². The van der Waals surface area contributed by atoms with Gasteiger partial charge in [-0.15, -0.1) is 0 Å². The van der Waals surface area contributed by atoms with Crippen LogP contribution < -0.4 is 4.18 Å². The standard InChI is InChI=1S/C10H11F3O3S/c1-2-6-17(14,15)16-9-5-3-4-8(7-9)10(11,12)13/h3-5,7H,2,6H2,1H3. The van der Waals surface area contributed by atoms with E-state index in [1.54, 1.807) is 6.92 Å². The largest absolute Gasteiger partial charge is 0.416 e. The highest BCUT2D eigenvalue weighted by Gasteiger charge is 2.30. The van der Waals surface area contributed by atoms with E-state index in [4.69, 9.17) is 0 Å². The van der Waals surface area contributed by atoms with Crippen molar-refractivity contribution in [3.63, 3.8) is 0 Å². The summed E-state index contributed by atoms with van der Waals surface area (Å²) in [7, 11) is -3.81. The second-order valence-electron chi connectivity index (χ2n) is 3.37. The molecule has 1 aromatic carbocycles. The predicted octanol–water partition coefficient (Wildman–Crippen LogP) is 2.82. The fourth-order valence-corrected chi connectivity index (χ4v) is 2.14. The van der Waals surface area contributed by atoms with Crippen molar-refractivity contribution in [1.82, 2.24) is 0 Å². The molecule has 0 aliphatic rings. The zero-order valence-electron chi connectivity index (χ0n) is 8.99. The molecular weight excluding hydrogens is 257 g/mol. The lowest BCUT2D eigenvalue weighted by Gasteiger charge is -2.09. The smallest absolute Gasteiger partial charge is 0.382 e. The number of rotatable bonds is 4. The lowest BCUT2D eigenvalue weighted by atomic mass is 10.2. The van der Waals surface area contributed by atoms with Gasteiger partial charge in [-0.25, -0.2) is 0 Å². The summed E-state index contributed by atoms with van der Waals surface area (Å²) in [4.78, 5) is 0. The third-order valence-corrected chi connectivity index (χ3v) is 3.19. The molecule has 0 aliphatic heterocycles. The van der Waals surface area contributed by atoms with Crippen LogP contribution in [0.25, 0.3) is 0 Å². The van der Waals surface area contributed by atoms with Gasteiger partial charge in [0, 0.05) is 0 Å². The van der Waals surface area contributed by atoms with Gasteiger partial charge >= 0.3 is 16.3 Å². The number of hydrogen-bond donors (Lipinski definition) is 0. The molecule has 0 spiro atoms. The lowest BCUT2D eigenvalue weighted by molar-refractivity contribution is -0.137. The Morgan fingerprint density at radius 3 is 2.47 bits per heavy atom. The van der Waals surface area contributed by atoms with E-state index in [1.165, 1.54) is 6.07 Å². The molecule has 0 bridgehead atoms. The lowest BCUT2D eigenvalue weighted by Crippen LogP contribution is -2.13. The molecule has 0 amide bonds. The highest BCUT2D eigenvalue weighted by atomic mass is 32.2. The van der Waals surface area contributed by atoms with E-state index in [9.17, 15) is 21.6 Å². The second kappa shape index (κ2) is 4.95. The maximum Gasteiger partial charge on any atom is 0.416 e. The molecule has 0 N–H and O–H groups in total. The van der Waals surface area contributed by atoms with Crippen LogP contribution in [0.1, 0.15) is 18.9 Å². The first kappa shape index (κ1) is 13.8. The average molecular weight is 268 g/mol. The van der Waals surface area contributed by atoms with Gasteiger partial charge in [-0.2, -0.15) is 21.6 Å². The van der Waals surface area contributed by atoms with Gasteiger partial charge < -0.3 is 4.18 Å². The topological polar surface area (TPSA) is 43.4 Å². The van der Waals surface area contributed by atoms with Crippen molar-refractivity contribution < 1.29 is 25.8 Å². The van der Waals surface area contributed by atoms with E-state index < -0.39 is 21.9 Å². The van der Waals surface area contributed by atoms with Crippen LogP contribution in [0.5, 0.6) is 5.75 Å². The first-order chi connectivity index (χ1) is 7.74. The molecule has 0 fully saturated rings. The van der Waals surface area contributed by atoms with Crippen LogP contribution in [-0.2, 0) is 16.3 Å². The fraction of sp³-hybridized carbons (Fsp3) is 0.400. The average Bonchev–Trinajstić information content (AvgIpc) is 2.15. The van der Waals surface area contributed by atoms with Crippen LogP contribution in [0, 0.1) is 0 Å². The molecule has 1 rings (SSSR count). The van der Waals surface area contributed by atoms with Crippen molar-refractivity contribution in [3.05, 3.63) is 29.8 Å². The summed E-state index contributed by atoms with van der Waals surface area (Å²) in [6, 6.07) is 3.77. The Hall–Kier alpha value is -1.24. The quantitative estimate of drug-likeness (QED) is 0.789. The minimum absolute atomic E-state index is 0.233. The molecule has 96 valence electrons. The molecule has 0 unspecified atom stereocenters. The Bertz CT molecular complexity index is 480. The zero-order chi connectivity index (χ0) is 13.1. The third kappa shape index (κ3) is 4.26. The van der Waals surface area contributed by atoms with Crippen molar-refractivity contribution in [1.29, 1.82) is 0 Å². The Morgan fingerprint density at radius 1 is 1.29 bits per heavy atom. The van der Waals surface area contributed by atoms with E-state index in [0.717, 1.165) is 12.1 Å². The number of halogens is 3. The highest BCUT2D eigenvalue weighted by molar-refractivity contribution is 7.87. The van der Waals surface area contributed by atoms with Gasteiger partial charge in [-0.3, -0.25) is 0 Å². The molecule has 0 saturated heterocycles. The zero-order valence-corrected chi connectivity index (χ0v) is 9.81. The summed E-state index contributed by atoms with van der Waals surface area (Å²) in [6.07, 6.45) is -4.19. The van der Waals surface area contributed by atoms with Crippen molar-refractivity contribution in [2.24, 2.45) is 0 Å². The normalized spacial score (nSPS) is 12.5. The highest BCUT2D eigenvalue weighted by Crippen LogP contribution is 2.31. The van der Waals surface area contributed by atoms with Crippen LogP contribution in [0.4, 0.5) is 13.2 Å². The van der Waals surface area contributed by atoms with Gasteiger partial charge in [0.25, 0.3) is 0 Å². The molecule has 0 aromatic heterocycles. The molecule has 0 saturated carbocycles. The number of benzene rings is 1. The summed E-state index contributed by atoms with van der Waals surface area (Å²) in [5.41, 5.74) is -0.943. The molecule has 1 aromatic rings. The Balaban J connectivity index is 2.94. The van der Waals surface area contributed by atoms with Crippen molar-refractivity contribution >= 4 is 10.1 Å². The minimum atomic E-state index is -4.52. The molecule has 7 heteroatoms. The van der Waals surface area contributed by atoms with Crippen LogP contribution in [0.15, 0.2) is 24.3 Å². The SMILES string of the molecule is CCCS(=O)(=O)Oc1cccc(C(F)(F)F)c1. The molecule has 0 radical (unpaired) electrons. The van der Waals surface area contributed by atoms with Gasteiger partial charge in [0.05, 0.1) is 11.3 Å². The minimum Gasteiger partial charge on any atom is -0.382 e. The van der Waals surface area contributed by atoms with Crippen LogP contribution >= 0.6 is 0 Å². The van der Waals surface area contributed by atoms with Crippen molar-refractivity contribution in [2.45, 2.75) is 19.5 Å². The van der Waals surface area contributed by atoms with Crippen LogP contribution in [-0.4, -0.2) is 14.2 Å². The third-order valence-electron chi connectivity index (χ3n) is 1.84. The second-order valence-corrected chi connectivity index (χ2v) is 5.06. The maximum absolute atomic E-state index is 12.3. The van der Waals surface area contributed by atoms with E-state index in [-0.39, 0.29) is 11.5 Å². The number of hydrogen-bond acceptors (Lipinski definition) is 3. The fourth-order valence-electron chi connectivity index (χ4n) is 1.16. The molecule has 0 heterocycles. The number of alkyl halides is 3. The maximum atomic E-state index is 12.3. The Morgan fingerprint density at radius 2 is 1.94 bits per heavy atom. The summed E-state index contributed by atoms with van der Waals surface area (Å²) in [5.74, 6) is -0.559. The van der Waals surface area contributed by atoms with E-state index in [1.807, 2.05) is 0 Å². The van der Waals surface area contributed by atoms with Crippen LogP contribution in [0.3, 0.4) is 0 Å². The van der Waals surface area contributed by atoms with E-state index >= 15 is 0 Å². The monoisotopic (exact) mass is 268 g/mol. The van der Waals surface area contributed by atoms with E-state index in [2.05, 4.69) is 4.18 Å². The molecule has 3 nitrogen and oxygen atoms in total. The molecule has 17 heavy (non-hydrogen) atoms. The van der Waals surface area contributed by atoms with Gasteiger partial charge in [-0.1, -0.05) is 13.0 Å². The summed E-state index contributed by atoms with van der Waals surface area (Å²) >= 11 is 0.